The van der Waals surface area contributed by atoms with Crippen LogP contribution >= 0.6 is 23.2 Å². The molecule has 4 aromatic rings. The largest absolute Gasteiger partial charge is 0.496 e. The Morgan fingerprint density at radius 2 is 1.80 bits per heavy atom. The third kappa shape index (κ3) is 6.15. The summed E-state index contributed by atoms with van der Waals surface area (Å²) >= 11 is 12.1. The molecule has 0 saturated carbocycles. The zero-order chi connectivity index (χ0) is 24.9. The van der Waals surface area contributed by atoms with Crippen LogP contribution in [0.4, 0.5) is 5.82 Å². The zero-order valence-corrected chi connectivity index (χ0v) is 21.2. The molecule has 35 heavy (non-hydrogen) atoms. The number of aromatic nitrogens is 2. The summed E-state index contributed by atoms with van der Waals surface area (Å²) in [5.74, 6) is 1.62. The predicted molar refractivity (Wildman–Crippen MR) is 139 cm³/mol. The molecule has 0 unspecified atom stereocenters. The van der Waals surface area contributed by atoms with E-state index in [1.165, 1.54) is 0 Å². The van der Waals surface area contributed by atoms with Crippen molar-refractivity contribution in [3.05, 3.63) is 105 Å². The van der Waals surface area contributed by atoms with E-state index in [-0.39, 0.29) is 12.5 Å². The van der Waals surface area contributed by atoms with Gasteiger partial charge < -0.3 is 14.8 Å². The maximum atomic E-state index is 12.9. The molecular formula is C27H25Cl2N3O3. The number of hydrogen-bond acceptors (Lipinski definition) is 4. The smallest absolute Gasteiger partial charge is 0.256 e. The number of carbonyl (C=O) groups excluding carboxylic acids is 1. The fourth-order valence-electron chi connectivity index (χ4n) is 3.58. The number of nitrogens with one attached hydrogen (secondary N) is 1. The minimum absolute atomic E-state index is 0.271. The lowest BCUT2D eigenvalue weighted by atomic mass is 10.1. The van der Waals surface area contributed by atoms with Gasteiger partial charge in [-0.1, -0.05) is 41.4 Å². The highest BCUT2D eigenvalue weighted by molar-refractivity contribution is 6.42. The monoisotopic (exact) mass is 509 g/mol. The van der Waals surface area contributed by atoms with Crippen molar-refractivity contribution in [2.45, 2.75) is 27.0 Å². The van der Waals surface area contributed by atoms with E-state index in [1.54, 1.807) is 54.4 Å². The van der Waals surface area contributed by atoms with Crippen LogP contribution in [0.15, 0.2) is 66.9 Å². The van der Waals surface area contributed by atoms with E-state index in [2.05, 4.69) is 10.4 Å². The molecule has 0 radical (unpaired) electrons. The van der Waals surface area contributed by atoms with Gasteiger partial charge in [-0.15, -0.1) is 0 Å². The van der Waals surface area contributed by atoms with Crippen molar-refractivity contribution in [1.82, 2.24) is 9.78 Å². The van der Waals surface area contributed by atoms with Crippen LogP contribution in [-0.2, 0) is 13.2 Å². The Hall–Kier alpha value is -3.48. The molecule has 3 aromatic carbocycles. The lowest BCUT2D eigenvalue weighted by molar-refractivity contribution is 0.102. The third-order valence-electron chi connectivity index (χ3n) is 5.48. The van der Waals surface area contributed by atoms with E-state index in [0.717, 1.165) is 28.0 Å². The summed E-state index contributed by atoms with van der Waals surface area (Å²) in [7, 11) is 1.59. The molecule has 1 amide bonds. The Morgan fingerprint density at radius 3 is 2.57 bits per heavy atom. The minimum atomic E-state index is -0.277. The van der Waals surface area contributed by atoms with Crippen molar-refractivity contribution < 1.29 is 14.3 Å². The highest BCUT2D eigenvalue weighted by Crippen LogP contribution is 2.26. The summed E-state index contributed by atoms with van der Waals surface area (Å²) in [4.78, 5) is 12.9. The molecule has 0 spiro atoms. The fourth-order valence-corrected chi connectivity index (χ4v) is 3.90. The number of ether oxygens (including phenoxy) is 2. The van der Waals surface area contributed by atoms with Crippen LogP contribution in [0.25, 0.3) is 0 Å². The average molecular weight is 510 g/mol. The molecule has 0 atom stereocenters. The first-order valence-corrected chi connectivity index (χ1v) is 11.7. The van der Waals surface area contributed by atoms with Gasteiger partial charge in [0.25, 0.3) is 5.91 Å². The molecule has 0 aliphatic rings. The highest BCUT2D eigenvalue weighted by atomic mass is 35.5. The Labute approximate surface area is 214 Å². The van der Waals surface area contributed by atoms with E-state index >= 15 is 0 Å². The van der Waals surface area contributed by atoms with E-state index in [0.29, 0.717) is 33.7 Å². The first-order valence-electron chi connectivity index (χ1n) is 11.0. The number of anilines is 1. The van der Waals surface area contributed by atoms with Crippen LogP contribution in [0.1, 0.15) is 32.6 Å². The second-order valence-electron chi connectivity index (χ2n) is 8.19. The predicted octanol–water partition coefficient (Wildman–Crippen LogP) is 6.69. The quantitative estimate of drug-likeness (QED) is 0.287. The summed E-state index contributed by atoms with van der Waals surface area (Å²) in [6.07, 6.45) is 1.79. The van der Waals surface area contributed by atoms with Gasteiger partial charge in [0.05, 0.1) is 23.7 Å². The normalized spacial score (nSPS) is 10.8. The summed E-state index contributed by atoms with van der Waals surface area (Å²) in [6, 6.07) is 18.5. The van der Waals surface area contributed by atoms with Crippen molar-refractivity contribution in [1.29, 1.82) is 0 Å². The molecule has 1 heterocycles. The Kier molecular flexibility index (Phi) is 7.63. The fraction of sp³-hybridized carbons (Fsp3) is 0.185. The van der Waals surface area contributed by atoms with Gasteiger partial charge in [0, 0.05) is 23.4 Å². The lowest BCUT2D eigenvalue weighted by Gasteiger charge is -2.14. The molecule has 1 aromatic heterocycles. The van der Waals surface area contributed by atoms with E-state index in [1.807, 2.05) is 38.1 Å². The van der Waals surface area contributed by atoms with Crippen LogP contribution < -0.4 is 14.8 Å². The number of hydrogen-bond donors (Lipinski definition) is 1. The molecule has 1 N–H and O–H groups in total. The second kappa shape index (κ2) is 10.8. The molecule has 0 fully saturated rings. The Morgan fingerprint density at radius 1 is 0.971 bits per heavy atom. The SMILES string of the molecule is COc1ccc(C(=O)Nc2ccn(Cc3ccc(Cl)c(Cl)c3)n2)cc1COc1cc(C)ccc1C. The Bertz CT molecular complexity index is 1370. The van der Waals surface area contributed by atoms with Crippen molar-refractivity contribution in [2.24, 2.45) is 0 Å². The molecule has 8 heteroatoms. The topological polar surface area (TPSA) is 65.4 Å². The Balaban J connectivity index is 1.45. The maximum absolute atomic E-state index is 12.9. The number of rotatable bonds is 8. The van der Waals surface area contributed by atoms with Crippen LogP contribution in [0.2, 0.25) is 10.0 Å². The van der Waals surface area contributed by atoms with Gasteiger partial charge in [-0.05, 0) is 66.9 Å². The van der Waals surface area contributed by atoms with Gasteiger partial charge in [0.1, 0.15) is 18.1 Å². The molecule has 4 rings (SSSR count). The summed E-state index contributed by atoms with van der Waals surface area (Å²) in [6.45, 7) is 4.78. The van der Waals surface area contributed by atoms with Crippen molar-refractivity contribution in [2.75, 3.05) is 12.4 Å². The van der Waals surface area contributed by atoms with Crippen LogP contribution in [0, 0.1) is 13.8 Å². The standard InChI is InChI=1S/C27H25Cl2N3O3/c1-17-4-5-18(2)25(12-17)35-16-21-14-20(7-9-24(21)34-3)27(33)30-26-10-11-32(31-26)15-19-6-8-22(28)23(29)13-19/h4-14H,15-16H2,1-3H3,(H,30,31,33). The van der Waals surface area contributed by atoms with Gasteiger partial charge in [-0.25, -0.2) is 0 Å². The summed E-state index contributed by atoms with van der Waals surface area (Å²) < 4.78 is 13.2. The van der Waals surface area contributed by atoms with Crippen molar-refractivity contribution in [3.8, 4) is 11.5 Å². The highest BCUT2D eigenvalue weighted by Gasteiger charge is 2.13. The number of halogens is 2. The molecule has 180 valence electrons. The van der Waals surface area contributed by atoms with Gasteiger partial charge in [0.2, 0.25) is 0 Å². The number of amides is 1. The molecule has 0 saturated heterocycles. The van der Waals surface area contributed by atoms with E-state index in [4.69, 9.17) is 32.7 Å². The van der Waals surface area contributed by atoms with Crippen LogP contribution in [0.5, 0.6) is 11.5 Å². The first kappa shape index (κ1) is 24.6. The molecule has 0 aliphatic heterocycles. The number of methoxy groups -OCH3 is 1. The summed E-state index contributed by atoms with van der Waals surface area (Å²) in [5, 5.41) is 8.26. The van der Waals surface area contributed by atoms with E-state index in [9.17, 15) is 4.79 Å². The van der Waals surface area contributed by atoms with Gasteiger partial charge >= 0.3 is 0 Å². The molecule has 0 bridgehead atoms. The molecular weight excluding hydrogens is 485 g/mol. The van der Waals surface area contributed by atoms with Crippen molar-refractivity contribution in [3.63, 3.8) is 0 Å². The number of nitrogens with zero attached hydrogens (tertiary/aromatic N) is 2. The van der Waals surface area contributed by atoms with Gasteiger partial charge in [0.15, 0.2) is 5.82 Å². The molecule has 6 nitrogen and oxygen atoms in total. The van der Waals surface area contributed by atoms with Crippen LogP contribution in [-0.4, -0.2) is 22.8 Å². The number of carbonyl (C=O) groups is 1. The molecule has 0 aliphatic carbocycles. The van der Waals surface area contributed by atoms with Crippen LogP contribution in [0.3, 0.4) is 0 Å². The van der Waals surface area contributed by atoms with Gasteiger partial charge in [-0.2, -0.15) is 5.10 Å². The minimum Gasteiger partial charge on any atom is -0.496 e. The number of aryl methyl sites for hydroxylation is 2. The first-order chi connectivity index (χ1) is 16.8. The van der Waals surface area contributed by atoms with Crippen molar-refractivity contribution >= 4 is 34.9 Å². The maximum Gasteiger partial charge on any atom is 0.256 e. The zero-order valence-electron chi connectivity index (χ0n) is 19.6. The third-order valence-corrected chi connectivity index (χ3v) is 6.22. The lowest BCUT2D eigenvalue weighted by Crippen LogP contribution is -2.14. The second-order valence-corrected chi connectivity index (χ2v) is 9.00. The average Bonchev–Trinajstić information content (AvgIpc) is 3.28. The number of benzene rings is 3. The summed E-state index contributed by atoms with van der Waals surface area (Å²) in [5.41, 5.74) is 4.35. The van der Waals surface area contributed by atoms with Gasteiger partial charge in [-0.3, -0.25) is 9.48 Å². The van der Waals surface area contributed by atoms with E-state index < -0.39 is 0 Å².